The number of carbonyl (C=O) groups excluding carboxylic acids is 1. The molecule has 2 aliphatic carbocycles. The van der Waals surface area contributed by atoms with Crippen molar-refractivity contribution in [2.24, 2.45) is 0 Å². The molecular weight excluding hydrogens is 538 g/mol. The van der Waals surface area contributed by atoms with E-state index < -0.39 is 5.41 Å². The van der Waals surface area contributed by atoms with Crippen LogP contribution in [0.5, 0.6) is 17.2 Å². The van der Waals surface area contributed by atoms with Crippen LogP contribution in [0.1, 0.15) is 28.7 Å². The van der Waals surface area contributed by atoms with Crippen molar-refractivity contribution in [2.75, 3.05) is 44.9 Å². The van der Waals surface area contributed by atoms with Gasteiger partial charge in [0, 0.05) is 47.1 Å². The van der Waals surface area contributed by atoms with E-state index in [0.29, 0.717) is 30.1 Å². The number of rotatable bonds is 4. The van der Waals surface area contributed by atoms with Crippen molar-refractivity contribution in [3.63, 3.8) is 0 Å². The molecule has 1 saturated heterocycles. The molecule has 1 unspecified atom stereocenters. The van der Waals surface area contributed by atoms with Crippen LogP contribution in [0.15, 0.2) is 84.7 Å². The van der Waals surface area contributed by atoms with Gasteiger partial charge in [-0.15, -0.1) is 0 Å². The Bertz CT molecular complexity index is 1890. The number of methoxy groups -OCH3 is 1. The first-order valence-electron chi connectivity index (χ1n) is 14.8. The second-order valence-electron chi connectivity index (χ2n) is 11.3. The second kappa shape index (κ2) is 10.2. The molecule has 1 fully saturated rings. The molecule has 0 aromatic heterocycles. The normalized spacial score (nSPS) is 21.4. The van der Waals surface area contributed by atoms with E-state index in [1.165, 1.54) is 5.69 Å². The van der Waals surface area contributed by atoms with E-state index in [4.69, 9.17) is 18.9 Å². The van der Waals surface area contributed by atoms with Gasteiger partial charge in [0.2, 0.25) is 0 Å². The number of carbonyl (C=O) groups is 1. The monoisotopic (exact) mass is 569 g/mol. The number of fused-ring (bicyclic) bond motifs is 7. The molecule has 3 heterocycles. The lowest BCUT2D eigenvalue weighted by Crippen LogP contribution is -2.39. The van der Waals surface area contributed by atoms with Crippen LogP contribution >= 0.6 is 0 Å². The van der Waals surface area contributed by atoms with E-state index >= 15 is 0 Å². The maximum Gasteiger partial charge on any atom is 0.167 e. The van der Waals surface area contributed by atoms with Crippen LogP contribution in [0, 0.1) is 0 Å². The highest BCUT2D eigenvalue weighted by Gasteiger charge is 2.37. The third-order valence-electron chi connectivity index (χ3n) is 9.07. The number of hydrogen-bond acceptors (Lipinski definition) is 6. The minimum atomic E-state index is -0.567. The Kier molecular flexibility index (Phi) is 6.12. The van der Waals surface area contributed by atoms with Crippen LogP contribution in [0.4, 0.5) is 5.69 Å². The number of ketones is 1. The standard InChI is InChI=1S/C37H31NO5/c1-40-28-13-9-26(10-14-28)37(25-7-11-27(12-8-25)38-17-20-41-21-18-38)16-15-30-31(22-37)29-5-3-19-42-35(29)34-33-24(23-43-36(30)34)4-2-6-32(33)39/h2-5,7-16,19,22H,6,17-18,20-21,23H2,1H3. The first-order chi connectivity index (χ1) is 21.2. The molecule has 43 heavy (non-hydrogen) atoms. The highest BCUT2D eigenvalue weighted by atomic mass is 16.5. The van der Waals surface area contributed by atoms with Crippen molar-refractivity contribution in [3.8, 4) is 17.2 Å². The summed E-state index contributed by atoms with van der Waals surface area (Å²) in [6, 6.07) is 17.2. The van der Waals surface area contributed by atoms with Gasteiger partial charge in [-0.1, -0.05) is 54.6 Å². The number of nitrogens with zero attached hydrogens (tertiary/aromatic N) is 1. The molecule has 3 aliphatic heterocycles. The van der Waals surface area contributed by atoms with E-state index in [0.717, 1.165) is 70.3 Å². The number of Topliss-reactive ketones (excluding diaryl/α,β-unsaturated/α-hetero) is 1. The topological polar surface area (TPSA) is 57.2 Å². The zero-order chi connectivity index (χ0) is 29.0. The molecule has 0 spiro atoms. The lowest BCUT2D eigenvalue weighted by atomic mass is 9.70. The highest BCUT2D eigenvalue weighted by molar-refractivity contribution is 6.25. The highest BCUT2D eigenvalue weighted by Crippen LogP contribution is 2.45. The molecule has 0 radical (unpaired) electrons. The van der Waals surface area contributed by atoms with Gasteiger partial charge in [0.05, 0.1) is 37.6 Å². The van der Waals surface area contributed by atoms with Gasteiger partial charge >= 0.3 is 0 Å². The van der Waals surface area contributed by atoms with Gasteiger partial charge in [-0.05, 0) is 52.8 Å². The van der Waals surface area contributed by atoms with Gasteiger partial charge in [-0.3, -0.25) is 4.79 Å². The quantitative estimate of drug-likeness (QED) is 0.455. The van der Waals surface area contributed by atoms with Crippen molar-refractivity contribution in [1.29, 1.82) is 0 Å². The SMILES string of the molecule is COc1ccc(C2(c3ccc(N4CCOCC4)cc3)C=Cc3c4c(c5c(c3=C2)=CC=CO5)C2=C(C=CCC2=O)CO4)cc1. The minimum Gasteiger partial charge on any atom is -0.497 e. The fraction of sp³-hybridized carbons (Fsp3) is 0.216. The maximum absolute atomic E-state index is 13.2. The number of hydrogen-bond donors (Lipinski definition) is 0. The average molecular weight is 570 g/mol. The summed E-state index contributed by atoms with van der Waals surface area (Å²) in [6.07, 6.45) is 16.7. The molecule has 3 aromatic rings. The Morgan fingerprint density at radius 2 is 1.67 bits per heavy atom. The van der Waals surface area contributed by atoms with Crippen molar-refractivity contribution in [3.05, 3.63) is 117 Å². The van der Waals surface area contributed by atoms with Gasteiger partial charge < -0.3 is 23.8 Å². The summed E-state index contributed by atoms with van der Waals surface area (Å²) in [6.45, 7) is 3.62. The molecule has 0 N–H and O–H groups in total. The van der Waals surface area contributed by atoms with E-state index in [9.17, 15) is 4.79 Å². The van der Waals surface area contributed by atoms with Crippen LogP contribution in [-0.2, 0) is 14.9 Å². The van der Waals surface area contributed by atoms with Crippen molar-refractivity contribution in [2.45, 2.75) is 11.8 Å². The number of ether oxygens (including phenoxy) is 4. The number of allylic oxidation sites excluding steroid dienone is 4. The largest absolute Gasteiger partial charge is 0.497 e. The van der Waals surface area contributed by atoms with Gasteiger partial charge in [0.25, 0.3) is 0 Å². The molecule has 0 saturated carbocycles. The molecule has 214 valence electrons. The molecule has 6 nitrogen and oxygen atoms in total. The van der Waals surface area contributed by atoms with Crippen molar-refractivity contribution >= 4 is 35.3 Å². The smallest absolute Gasteiger partial charge is 0.167 e. The minimum absolute atomic E-state index is 0.0964. The summed E-state index contributed by atoms with van der Waals surface area (Å²) in [4.78, 5) is 15.6. The number of morpholine rings is 1. The third kappa shape index (κ3) is 4.08. The predicted octanol–water partition coefficient (Wildman–Crippen LogP) is 4.69. The first kappa shape index (κ1) is 25.9. The van der Waals surface area contributed by atoms with Crippen LogP contribution in [0.3, 0.4) is 0 Å². The molecule has 0 amide bonds. The molecule has 1 atom stereocenters. The van der Waals surface area contributed by atoms with E-state index in [1.54, 1.807) is 13.4 Å². The third-order valence-corrected chi connectivity index (χ3v) is 9.07. The Morgan fingerprint density at radius 1 is 0.907 bits per heavy atom. The zero-order valence-corrected chi connectivity index (χ0v) is 24.0. The van der Waals surface area contributed by atoms with Gasteiger partial charge in [0.15, 0.2) is 5.78 Å². The van der Waals surface area contributed by atoms with Crippen LogP contribution < -0.4 is 29.5 Å². The average Bonchev–Trinajstić information content (AvgIpc) is 3.08. The van der Waals surface area contributed by atoms with E-state index in [2.05, 4.69) is 65.6 Å². The first-order valence-corrected chi connectivity index (χ1v) is 14.8. The lowest BCUT2D eigenvalue weighted by Gasteiger charge is -2.34. The van der Waals surface area contributed by atoms with E-state index in [1.807, 2.05) is 30.4 Å². The molecule has 3 aromatic carbocycles. The Labute approximate surface area is 250 Å². The van der Waals surface area contributed by atoms with Crippen molar-refractivity contribution in [1.82, 2.24) is 0 Å². The Balaban J connectivity index is 1.37. The maximum atomic E-state index is 13.2. The summed E-state index contributed by atoms with van der Waals surface area (Å²) < 4.78 is 23.7. The van der Waals surface area contributed by atoms with Crippen LogP contribution in [-0.4, -0.2) is 45.8 Å². The molecular formula is C37H31NO5. The van der Waals surface area contributed by atoms with Gasteiger partial charge in [-0.2, -0.15) is 0 Å². The fourth-order valence-corrected chi connectivity index (χ4v) is 6.89. The van der Waals surface area contributed by atoms with Crippen LogP contribution in [0.2, 0.25) is 0 Å². The summed E-state index contributed by atoms with van der Waals surface area (Å²) in [5.41, 5.74) is 6.23. The molecule has 8 rings (SSSR count). The zero-order valence-electron chi connectivity index (χ0n) is 24.0. The van der Waals surface area contributed by atoms with E-state index in [-0.39, 0.29) is 5.78 Å². The summed E-state index contributed by atoms with van der Waals surface area (Å²) in [5, 5.41) is 1.97. The summed E-state index contributed by atoms with van der Waals surface area (Å²) >= 11 is 0. The Hall–Kier alpha value is -4.81. The molecule has 5 aliphatic rings. The lowest BCUT2D eigenvalue weighted by molar-refractivity contribution is -0.113. The summed E-state index contributed by atoms with van der Waals surface area (Å²) in [7, 11) is 1.69. The van der Waals surface area contributed by atoms with Crippen molar-refractivity contribution < 1.29 is 23.7 Å². The fourth-order valence-electron chi connectivity index (χ4n) is 6.89. The second-order valence-corrected chi connectivity index (χ2v) is 11.3. The predicted molar refractivity (Wildman–Crippen MR) is 168 cm³/mol. The molecule has 6 heteroatoms. The number of benzene rings is 3. The molecule has 0 bridgehead atoms. The Morgan fingerprint density at radius 3 is 2.44 bits per heavy atom. The van der Waals surface area contributed by atoms with Gasteiger partial charge in [-0.25, -0.2) is 0 Å². The van der Waals surface area contributed by atoms with Gasteiger partial charge in [0.1, 0.15) is 23.9 Å². The number of anilines is 1. The van der Waals surface area contributed by atoms with Crippen LogP contribution in [0.25, 0.3) is 23.8 Å². The summed E-state index contributed by atoms with van der Waals surface area (Å²) in [5.74, 6) is 2.28.